The fourth-order valence-corrected chi connectivity index (χ4v) is 2.11. The molecule has 2 rings (SSSR count). The maximum absolute atomic E-state index is 12.8. The summed E-state index contributed by atoms with van der Waals surface area (Å²) in [5, 5.41) is 2.21. The molecule has 0 saturated carbocycles. The number of carbonyl (C=O) groups excluding carboxylic acids is 1. The number of rotatable bonds is 4. The Morgan fingerprint density at radius 2 is 1.86 bits per heavy atom. The molecule has 2 aromatic carbocycles. The number of para-hydroxylation sites is 1. The van der Waals surface area contributed by atoms with E-state index in [1.165, 1.54) is 18.2 Å². The average Bonchev–Trinajstić information content (AvgIpc) is 2.45. The minimum atomic E-state index is -4.53. The molecule has 0 aliphatic heterocycles. The van der Waals surface area contributed by atoms with Crippen LogP contribution in [0, 0.1) is 0 Å². The van der Waals surface area contributed by atoms with Gasteiger partial charge in [0, 0.05) is 4.47 Å². The van der Waals surface area contributed by atoms with E-state index in [0.717, 1.165) is 10.5 Å². The number of anilines is 1. The first kappa shape index (κ1) is 16.4. The van der Waals surface area contributed by atoms with Gasteiger partial charge in [-0.3, -0.25) is 4.79 Å². The molecule has 0 aliphatic rings. The monoisotopic (exact) mass is 373 g/mol. The largest absolute Gasteiger partial charge is 0.484 e. The molecule has 0 aliphatic carbocycles. The summed E-state index contributed by atoms with van der Waals surface area (Å²) in [4.78, 5) is 11.7. The third kappa shape index (κ3) is 4.49. The zero-order valence-electron chi connectivity index (χ0n) is 11.2. The minimum absolute atomic E-state index is 0.294. The number of halogens is 4. The van der Waals surface area contributed by atoms with Crippen molar-refractivity contribution in [3.8, 4) is 5.75 Å². The van der Waals surface area contributed by atoms with E-state index in [-0.39, 0.29) is 12.3 Å². The maximum Gasteiger partial charge on any atom is 0.418 e. The highest BCUT2D eigenvalue weighted by atomic mass is 79.9. The fourth-order valence-electron chi connectivity index (χ4n) is 1.73. The molecule has 0 spiro atoms. The number of nitrogens with one attached hydrogen (secondary N) is 1. The second-order valence-corrected chi connectivity index (χ2v) is 5.25. The molecule has 1 N–H and O–H groups in total. The lowest BCUT2D eigenvalue weighted by atomic mass is 10.1. The van der Waals surface area contributed by atoms with E-state index < -0.39 is 17.6 Å². The third-order valence-electron chi connectivity index (χ3n) is 2.67. The van der Waals surface area contributed by atoms with Crippen molar-refractivity contribution in [2.75, 3.05) is 11.9 Å². The van der Waals surface area contributed by atoms with Crippen LogP contribution in [0.2, 0.25) is 0 Å². The van der Waals surface area contributed by atoms with Gasteiger partial charge in [-0.1, -0.05) is 34.1 Å². The Hall–Kier alpha value is -2.02. The van der Waals surface area contributed by atoms with Gasteiger partial charge in [0.1, 0.15) is 5.75 Å². The van der Waals surface area contributed by atoms with Crippen molar-refractivity contribution in [2.24, 2.45) is 0 Å². The van der Waals surface area contributed by atoms with E-state index in [9.17, 15) is 18.0 Å². The van der Waals surface area contributed by atoms with Crippen molar-refractivity contribution in [3.05, 3.63) is 58.6 Å². The van der Waals surface area contributed by atoms with Crippen molar-refractivity contribution < 1.29 is 22.7 Å². The van der Waals surface area contributed by atoms with Crippen molar-refractivity contribution in [2.45, 2.75) is 6.18 Å². The summed E-state index contributed by atoms with van der Waals surface area (Å²) in [6.45, 7) is -0.386. The van der Waals surface area contributed by atoms with E-state index in [0.29, 0.717) is 5.75 Å². The smallest absolute Gasteiger partial charge is 0.418 e. The Balaban J connectivity index is 2.01. The van der Waals surface area contributed by atoms with Crippen LogP contribution in [0.1, 0.15) is 5.56 Å². The number of amides is 1. The molecular weight excluding hydrogens is 363 g/mol. The zero-order valence-corrected chi connectivity index (χ0v) is 12.7. The van der Waals surface area contributed by atoms with Gasteiger partial charge in [-0.15, -0.1) is 0 Å². The van der Waals surface area contributed by atoms with Crippen LogP contribution in [0.3, 0.4) is 0 Å². The van der Waals surface area contributed by atoms with Crippen LogP contribution in [-0.2, 0) is 11.0 Å². The van der Waals surface area contributed by atoms with Crippen molar-refractivity contribution in [1.82, 2.24) is 0 Å². The summed E-state index contributed by atoms with van der Waals surface area (Å²) in [7, 11) is 0. The summed E-state index contributed by atoms with van der Waals surface area (Å²) < 4.78 is 44.4. The third-order valence-corrected chi connectivity index (χ3v) is 3.17. The maximum atomic E-state index is 12.8. The molecule has 3 nitrogen and oxygen atoms in total. The van der Waals surface area contributed by atoms with E-state index >= 15 is 0 Å². The van der Waals surface area contributed by atoms with Crippen LogP contribution in [0.25, 0.3) is 0 Å². The standard InChI is InChI=1S/C15H11BrF3NO2/c16-10-4-3-5-11(8-10)22-9-14(21)20-13-7-2-1-6-12(13)15(17,18)19/h1-8H,9H2,(H,20,21). The molecule has 0 bridgehead atoms. The number of hydrogen-bond donors (Lipinski definition) is 1. The molecule has 7 heteroatoms. The topological polar surface area (TPSA) is 38.3 Å². The summed E-state index contributed by atoms with van der Waals surface area (Å²) in [5.74, 6) is -0.231. The van der Waals surface area contributed by atoms with Crippen LogP contribution in [0.15, 0.2) is 53.0 Å². The normalized spacial score (nSPS) is 11.1. The molecule has 0 aromatic heterocycles. The van der Waals surface area contributed by atoms with Gasteiger partial charge in [0.15, 0.2) is 6.61 Å². The first-order valence-electron chi connectivity index (χ1n) is 6.21. The summed E-state index contributed by atoms with van der Waals surface area (Å²) in [6.07, 6.45) is -4.53. The summed E-state index contributed by atoms with van der Waals surface area (Å²) >= 11 is 3.25. The molecular formula is C15H11BrF3NO2. The van der Waals surface area contributed by atoms with Crippen LogP contribution in [0.5, 0.6) is 5.75 Å². The number of carbonyl (C=O) groups is 1. The zero-order chi connectivity index (χ0) is 16.2. The molecule has 0 heterocycles. The molecule has 0 unspecified atom stereocenters. The number of ether oxygens (including phenoxy) is 1. The molecule has 1 amide bonds. The molecule has 0 fully saturated rings. The average molecular weight is 374 g/mol. The first-order valence-corrected chi connectivity index (χ1v) is 7.00. The van der Waals surface area contributed by atoms with Crippen molar-refractivity contribution >= 4 is 27.5 Å². The Bertz CT molecular complexity index is 674. The van der Waals surface area contributed by atoms with Gasteiger partial charge in [-0.25, -0.2) is 0 Å². The van der Waals surface area contributed by atoms with Gasteiger partial charge in [-0.2, -0.15) is 13.2 Å². The SMILES string of the molecule is O=C(COc1cccc(Br)c1)Nc1ccccc1C(F)(F)F. The predicted molar refractivity (Wildman–Crippen MR) is 79.7 cm³/mol. The molecule has 2 aromatic rings. The Morgan fingerprint density at radius 3 is 2.55 bits per heavy atom. The van der Waals surface area contributed by atoms with Gasteiger partial charge >= 0.3 is 6.18 Å². The van der Waals surface area contributed by atoms with E-state index in [1.807, 2.05) is 0 Å². The number of benzene rings is 2. The van der Waals surface area contributed by atoms with E-state index in [2.05, 4.69) is 21.2 Å². The van der Waals surface area contributed by atoms with E-state index in [1.54, 1.807) is 24.3 Å². The second kappa shape index (κ2) is 6.83. The van der Waals surface area contributed by atoms with Gasteiger partial charge in [0.2, 0.25) is 0 Å². The lowest BCUT2D eigenvalue weighted by molar-refractivity contribution is -0.137. The second-order valence-electron chi connectivity index (χ2n) is 4.34. The van der Waals surface area contributed by atoms with Gasteiger partial charge < -0.3 is 10.1 Å². The molecule has 0 radical (unpaired) electrons. The quantitative estimate of drug-likeness (QED) is 0.857. The number of alkyl halides is 3. The highest BCUT2D eigenvalue weighted by molar-refractivity contribution is 9.10. The van der Waals surface area contributed by atoms with Gasteiger partial charge in [0.25, 0.3) is 5.91 Å². The van der Waals surface area contributed by atoms with Crippen LogP contribution >= 0.6 is 15.9 Å². The Kier molecular flexibility index (Phi) is 5.07. The van der Waals surface area contributed by atoms with Gasteiger partial charge in [0.05, 0.1) is 11.3 Å². The molecule has 22 heavy (non-hydrogen) atoms. The van der Waals surface area contributed by atoms with E-state index in [4.69, 9.17) is 4.74 Å². The predicted octanol–water partition coefficient (Wildman–Crippen LogP) is 4.49. The van der Waals surface area contributed by atoms with Crippen LogP contribution in [0.4, 0.5) is 18.9 Å². The van der Waals surface area contributed by atoms with Crippen LogP contribution in [-0.4, -0.2) is 12.5 Å². The molecule has 116 valence electrons. The molecule has 0 saturated heterocycles. The fraction of sp³-hybridized carbons (Fsp3) is 0.133. The molecule has 0 atom stereocenters. The summed E-state index contributed by atoms with van der Waals surface area (Å²) in [5.41, 5.74) is -1.19. The number of hydrogen-bond acceptors (Lipinski definition) is 2. The van der Waals surface area contributed by atoms with Crippen molar-refractivity contribution in [1.29, 1.82) is 0 Å². The minimum Gasteiger partial charge on any atom is -0.484 e. The van der Waals surface area contributed by atoms with Crippen LogP contribution < -0.4 is 10.1 Å². The first-order chi connectivity index (χ1) is 10.4. The lowest BCUT2D eigenvalue weighted by Crippen LogP contribution is -2.22. The highest BCUT2D eigenvalue weighted by Crippen LogP contribution is 2.34. The van der Waals surface area contributed by atoms with Gasteiger partial charge in [-0.05, 0) is 30.3 Å². The lowest BCUT2D eigenvalue weighted by Gasteiger charge is -2.13. The Labute approximate surface area is 133 Å². The summed E-state index contributed by atoms with van der Waals surface area (Å²) in [6, 6.07) is 11.6. The Morgan fingerprint density at radius 1 is 1.14 bits per heavy atom. The highest BCUT2D eigenvalue weighted by Gasteiger charge is 2.33. The van der Waals surface area contributed by atoms with Crippen molar-refractivity contribution in [3.63, 3.8) is 0 Å².